The van der Waals surface area contributed by atoms with Crippen LogP contribution in [0.5, 0.6) is 0 Å². The molecule has 0 radical (unpaired) electrons. The smallest absolute Gasteiger partial charge is 0.321 e. The molecule has 0 saturated heterocycles. The molecule has 15 heavy (non-hydrogen) atoms. The van der Waals surface area contributed by atoms with Gasteiger partial charge in [0.25, 0.3) is 0 Å². The molecule has 0 aliphatic carbocycles. The lowest BCUT2D eigenvalue weighted by Crippen LogP contribution is -2.40. The molecule has 88 valence electrons. The molecule has 0 saturated carbocycles. The molecule has 0 aromatic heterocycles. The Balaban J connectivity index is 4.82. The normalized spacial score (nSPS) is 14.5. The van der Waals surface area contributed by atoms with E-state index >= 15 is 0 Å². The number of ether oxygens (including phenoxy) is 1. The van der Waals surface area contributed by atoms with Gasteiger partial charge in [-0.25, -0.2) is 0 Å². The summed E-state index contributed by atoms with van der Waals surface area (Å²) in [7, 11) is 0. The fraction of sp³-hybridized carbons (Fsp3) is 0.818. The van der Waals surface area contributed by atoms with Gasteiger partial charge in [-0.2, -0.15) is 0 Å². The zero-order valence-electron chi connectivity index (χ0n) is 10.2. The van der Waals surface area contributed by atoms with E-state index in [0.717, 1.165) is 0 Å². The second kappa shape index (κ2) is 4.21. The molecule has 0 fully saturated rings. The summed E-state index contributed by atoms with van der Waals surface area (Å²) in [6.07, 6.45) is 0. The van der Waals surface area contributed by atoms with Gasteiger partial charge in [-0.3, -0.25) is 9.59 Å². The van der Waals surface area contributed by atoms with Crippen molar-refractivity contribution in [2.45, 2.75) is 47.1 Å². The van der Waals surface area contributed by atoms with Crippen molar-refractivity contribution >= 4 is 11.9 Å². The van der Waals surface area contributed by atoms with Crippen molar-refractivity contribution in [2.24, 2.45) is 11.3 Å². The van der Waals surface area contributed by atoms with Crippen molar-refractivity contribution in [3.8, 4) is 0 Å². The third-order valence-electron chi connectivity index (χ3n) is 1.76. The molecular weight excluding hydrogens is 196 g/mol. The van der Waals surface area contributed by atoms with E-state index in [4.69, 9.17) is 9.84 Å². The summed E-state index contributed by atoms with van der Waals surface area (Å²) >= 11 is 0. The lowest BCUT2D eigenvalue weighted by atomic mass is 9.81. The molecule has 0 heterocycles. The van der Waals surface area contributed by atoms with Gasteiger partial charge in [-0.1, -0.05) is 20.8 Å². The molecule has 0 aliphatic heterocycles. The second-order valence-electron chi connectivity index (χ2n) is 5.67. The van der Waals surface area contributed by atoms with Crippen LogP contribution in [0.25, 0.3) is 0 Å². The predicted octanol–water partition coefficient (Wildman–Crippen LogP) is 2.08. The predicted molar refractivity (Wildman–Crippen MR) is 56.4 cm³/mol. The summed E-state index contributed by atoms with van der Waals surface area (Å²) in [5.74, 6) is -2.95. The van der Waals surface area contributed by atoms with Crippen LogP contribution in [0, 0.1) is 11.3 Å². The Morgan fingerprint density at radius 3 is 1.67 bits per heavy atom. The zero-order chi connectivity index (χ0) is 12.4. The largest absolute Gasteiger partial charge is 0.481 e. The molecule has 0 aliphatic rings. The third kappa shape index (κ3) is 4.81. The minimum absolute atomic E-state index is 0.645. The van der Waals surface area contributed by atoms with Crippen LogP contribution in [0.4, 0.5) is 0 Å². The molecule has 1 unspecified atom stereocenters. The molecule has 4 nitrogen and oxygen atoms in total. The highest BCUT2D eigenvalue weighted by atomic mass is 16.6. The summed E-state index contributed by atoms with van der Waals surface area (Å²) in [5, 5.41) is 8.98. The van der Waals surface area contributed by atoms with E-state index in [1.807, 2.05) is 0 Å². The van der Waals surface area contributed by atoms with Gasteiger partial charge >= 0.3 is 11.9 Å². The molecule has 1 N–H and O–H groups in total. The van der Waals surface area contributed by atoms with E-state index in [-0.39, 0.29) is 0 Å². The number of carboxylic acids is 1. The molecule has 4 heteroatoms. The first-order chi connectivity index (χ1) is 6.45. The van der Waals surface area contributed by atoms with Crippen molar-refractivity contribution in [2.75, 3.05) is 0 Å². The average Bonchev–Trinajstić information content (AvgIpc) is 1.74. The Labute approximate surface area is 90.6 Å². The SMILES string of the molecule is CC(C)(C)OC(=O)C(C(=O)O)C(C)(C)C. The van der Waals surface area contributed by atoms with Gasteiger partial charge in [0.1, 0.15) is 5.60 Å². The highest BCUT2D eigenvalue weighted by Gasteiger charge is 2.40. The first-order valence-electron chi connectivity index (χ1n) is 4.91. The molecule has 0 rings (SSSR count). The average molecular weight is 216 g/mol. The Bertz CT molecular complexity index is 255. The van der Waals surface area contributed by atoms with Crippen LogP contribution < -0.4 is 0 Å². The van der Waals surface area contributed by atoms with Crippen molar-refractivity contribution < 1.29 is 19.4 Å². The fourth-order valence-electron chi connectivity index (χ4n) is 1.19. The highest BCUT2D eigenvalue weighted by Crippen LogP contribution is 2.28. The van der Waals surface area contributed by atoms with E-state index in [0.29, 0.717) is 0 Å². The molecule has 0 spiro atoms. The maximum absolute atomic E-state index is 11.6. The van der Waals surface area contributed by atoms with E-state index < -0.39 is 28.9 Å². The molecule has 0 amide bonds. The number of carboxylic acid groups (broad SMARTS) is 1. The van der Waals surface area contributed by atoms with Crippen LogP contribution in [0.1, 0.15) is 41.5 Å². The number of carbonyl (C=O) groups is 2. The summed E-state index contributed by atoms with van der Waals surface area (Å²) in [5.41, 5.74) is -1.30. The maximum Gasteiger partial charge on any atom is 0.321 e. The standard InChI is InChI=1S/C11H20O4/c1-10(2,3)7(8(12)13)9(14)15-11(4,5)6/h7H,1-6H3,(H,12,13). The van der Waals surface area contributed by atoms with Crippen molar-refractivity contribution in [1.29, 1.82) is 0 Å². The zero-order valence-corrected chi connectivity index (χ0v) is 10.2. The van der Waals surface area contributed by atoms with E-state index in [1.165, 1.54) is 0 Å². The van der Waals surface area contributed by atoms with Crippen LogP contribution in [0.15, 0.2) is 0 Å². The number of hydrogen-bond donors (Lipinski definition) is 1. The van der Waals surface area contributed by atoms with Crippen molar-refractivity contribution in [3.05, 3.63) is 0 Å². The lowest BCUT2D eigenvalue weighted by molar-refractivity contribution is -0.171. The third-order valence-corrected chi connectivity index (χ3v) is 1.76. The Hall–Kier alpha value is -1.06. The lowest BCUT2D eigenvalue weighted by Gasteiger charge is -2.28. The first kappa shape index (κ1) is 13.9. The van der Waals surface area contributed by atoms with Crippen molar-refractivity contribution in [3.63, 3.8) is 0 Å². The van der Waals surface area contributed by atoms with Crippen molar-refractivity contribution in [1.82, 2.24) is 0 Å². The molecule has 1 atom stereocenters. The van der Waals surface area contributed by atoms with Crippen LogP contribution >= 0.6 is 0 Å². The maximum atomic E-state index is 11.6. The fourth-order valence-corrected chi connectivity index (χ4v) is 1.19. The van der Waals surface area contributed by atoms with Gasteiger partial charge < -0.3 is 9.84 Å². The number of aliphatic carboxylic acids is 1. The molecular formula is C11H20O4. The van der Waals surface area contributed by atoms with Gasteiger partial charge in [0.2, 0.25) is 0 Å². The monoisotopic (exact) mass is 216 g/mol. The second-order valence-corrected chi connectivity index (χ2v) is 5.67. The summed E-state index contributed by atoms with van der Waals surface area (Å²) in [4.78, 5) is 22.6. The highest BCUT2D eigenvalue weighted by molar-refractivity contribution is 5.94. The first-order valence-corrected chi connectivity index (χ1v) is 4.91. The quantitative estimate of drug-likeness (QED) is 0.567. The summed E-state index contributed by atoms with van der Waals surface area (Å²) in [6.45, 7) is 10.3. The molecule has 0 bridgehead atoms. The van der Waals surface area contributed by atoms with Crippen LogP contribution in [-0.2, 0) is 14.3 Å². The number of rotatable bonds is 2. The summed E-state index contributed by atoms with van der Waals surface area (Å²) in [6, 6.07) is 0. The Kier molecular flexibility index (Phi) is 3.91. The van der Waals surface area contributed by atoms with Crippen LogP contribution in [-0.4, -0.2) is 22.6 Å². The summed E-state index contributed by atoms with van der Waals surface area (Å²) < 4.78 is 5.07. The topological polar surface area (TPSA) is 63.6 Å². The number of carbonyl (C=O) groups excluding carboxylic acids is 1. The van der Waals surface area contributed by atoms with Crippen LogP contribution in [0.3, 0.4) is 0 Å². The Morgan fingerprint density at radius 1 is 1.07 bits per heavy atom. The Morgan fingerprint density at radius 2 is 1.47 bits per heavy atom. The van der Waals surface area contributed by atoms with Gasteiger partial charge in [-0.15, -0.1) is 0 Å². The van der Waals surface area contributed by atoms with E-state index in [9.17, 15) is 9.59 Å². The number of hydrogen-bond acceptors (Lipinski definition) is 3. The minimum Gasteiger partial charge on any atom is -0.481 e. The van der Waals surface area contributed by atoms with Crippen LogP contribution in [0.2, 0.25) is 0 Å². The van der Waals surface area contributed by atoms with E-state index in [1.54, 1.807) is 41.5 Å². The number of esters is 1. The van der Waals surface area contributed by atoms with Gasteiger partial charge in [0.05, 0.1) is 0 Å². The molecule has 0 aromatic rings. The molecule has 0 aromatic carbocycles. The van der Waals surface area contributed by atoms with Gasteiger partial charge in [-0.05, 0) is 26.2 Å². The van der Waals surface area contributed by atoms with E-state index in [2.05, 4.69) is 0 Å². The van der Waals surface area contributed by atoms with Gasteiger partial charge in [0, 0.05) is 0 Å². The minimum atomic E-state index is -1.14. The van der Waals surface area contributed by atoms with Gasteiger partial charge in [0.15, 0.2) is 5.92 Å².